The van der Waals surface area contributed by atoms with Crippen molar-refractivity contribution in [2.45, 2.75) is 19.9 Å². The summed E-state index contributed by atoms with van der Waals surface area (Å²) >= 11 is 0. The Balaban J connectivity index is 2.07. The third-order valence-corrected chi connectivity index (χ3v) is 4.75. The summed E-state index contributed by atoms with van der Waals surface area (Å²) in [6.45, 7) is 3.68. The minimum atomic E-state index is -0.977. The molecule has 0 fully saturated rings. The first-order valence-electron chi connectivity index (χ1n) is 9.31. The molecule has 7 heteroatoms. The van der Waals surface area contributed by atoms with Crippen molar-refractivity contribution in [3.8, 4) is 5.75 Å². The monoisotopic (exact) mass is 398 g/mol. The highest BCUT2D eigenvalue weighted by molar-refractivity contribution is 5.95. The smallest absolute Gasteiger partial charge is 0.338 e. The summed E-state index contributed by atoms with van der Waals surface area (Å²) < 4.78 is 25.6. The van der Waals surface area contributed by atoms with Gasteiger partial charge in [0, 0.05) is 12.6 Å². The molecular weight excluding hydrogens is 375 g/mol. The number of rotatable bonds is 6. The van der Waals surface area contributed by atoms with Crippen molar-refractivity contribution in [2.24, 2.45) is 0 Å². The maximum Gasteiger partial charge on any atom is 0.338 e. The number of para-hydroxylation sites is 1. The van der Waals surface area contributed by atoms with Crippen molar-refractivity contribution in [3.05, 3.63) is 76.7 Å². The summed E-state index contributed by atoms with van der Waals surface area (Å²) in [5, 5.41) is 2.68. The predicted molar refractivity (Wildman–Crippen MR) is 106 cm³/mol. The van der Waals surface area contributed by atoms with Crippen molar-refractivity contribution in [3.63, 3.8) is 0 Å². The molecule has 0 aromatic heterocycles. The molecule has 0 unspecified atom stereocenters. The van der Waals surface area contributed by atoms with Gasteiger partial charge in [0.2, 0.25) is 0 Å². The van der Waals surface area contributed by atoms with E-state index in [4.69, 9.17) is 9.47 Å². The molecular formula is C22H23FN2O4. The number of hydrogen-bond acceptors (Lipinski definition) is 4. The second kappa shape index (κ2) is 8.77. The number of nitrogens with one attached hydrogen (secondary N) is 1. The van der Waals surface area contributed by atoms with Crippen LogP contribution in [0.4, 0.5) is 9.18 Å². The van der Waals surface area contributed by atoms with Gasteiger partial charge in [0.25, 0.3) is 0 Å². The molecule has 2 amide bonds. The molecule has 0 saturated heterocycles. The summed E-state index contributed by atoms with van der Waals surface area (Å²) in [4.78, 5) is 26.6. The predicted octanol–water partition coefficient (Wildman–Crippen LogP) is 3.73. The van der Waals surface area contributed by atoms with E-state index in [-0.39, 0.29) is 24.4 Å². The van der Waals surface area contributed by atoms with Gasteiger partial charge in [-0.25, -0.2) is 14.0 Å². The number of likely N-dealkylation sites (N-methyl/N-ethyl adjacent to an activating group) is 1. The summed E-state index contributed by atoms with van der Waals surface area (Å²) in [6, 6.07) is 12.0. The lowest BCUT2D eigenvalue weighted by Gasteiger charge is -2.34. The molecule has 29 heavy (non-hydrogen) atoms. The van der Waals surface area contributed by atoms with E-state index in [1.54, 1.807) is 25.1 Å². The molecule has 0 saturated carbocycles. The summed E-state index contributed by atoms with van der Waals surface area (Å²) in [5.74, 6) is -0.524. The summed E-state index contributed by atoms with van der Waals surface area (Å²) in [5.41, 5.74) is 1.57. The molecule has 1 aliphatic heterocycles. The Morgan fingerprint density at radius 2 is 1.86 bits per heavy atom. The number of aryl methyl sites for hydroxylation is 1. The normalized spacial score (nSPS) is 16.5. The number of carbonyl (C=O) groups excluding carboxylic acids is 2. The Labute approximate surface area is 168 Å². The SMILES string of the molecule is CCOC(=O)C1=C(COc2ccccc2C)N(C)C(=O)N[C@H]1c1ccccc1F. The zero-order valence-corrected chi connectivity index (χ0v) is 16.6. The first-order chi connectivity index (χ1) is 13.9. The van der Waals surface area contributed by atoms with Crippen LogP contribution < -0.4 is 10.1 Å². The fraction of sp³-hybridized carbons (Fsp3) is 0.273. The number of urea groups is 1. The van der Waals surface area contributed by atoms with Crippen LogP contribution in [0.5, 0.6) is 5.75 Å². The van der Waals surface area contributed by atoms with Crippen LogP contribution in [0.1, 0.15) is 24.1 Å². The molecule has 2 aromatic carbocycles. The van der Waals surface area contributed by atoms with Crippen LogP contribution in [0.2, 0.25) is 0 Å². The molecule has 152 valence electrons. The van der Waals surface area contributed by atoms with Crippen LogP contribution in [-0.4, -0.2) is 37.2 Å². The molecule has 1 N–H and O–H groups in total. The van der Waals surface area contributed by atoms with Gasteiger partial charge in [0.1, 0.15) is 18.2 Å². The zero-order valence-electron chi connectivity index (χ0n) is 16.6. The van der Waals surface area contributed by atoms with Gasteiger partial charge in [-0.3, -0.25) is 4.90 Å². The second-order valence-electron chi connectivity index (χ2n) is 6.60. The number of ether oxygens (including phenoxy) is 2. The van der Waals surface area contributed by atoms with Gasteiger partial charge in [0.15, 0.2) is 0 Å². The molecule has 0 bridgehead atoms. The van der Waals surface area contributed by atoms with Crippen molar-refractivity contribution in [2.75, 3.05) is 20.3 Å². The highest BCUT2D eigenvalue weighted by atomic mass is 19.1. The van der Waals surface area contributed by atoms with Crippen molar-refractivity contribution >= 4 is 12.0 Å². The third kappa shape index (κ3) is 4.23. The molecule has 2 aromatic rings. The standard InChI is InChI=1S/C22H23FN2O4/c1-4-28-21(26)19-17(13-29-18-12-8-5-9-14(18)2)25(3)22(27)24-20(19)15-10-6-7-11-16(15)23/h5-12,20H,4,13H2,1-3H3,(H,24,27)/t20-/m0/s1. The van der Waals surface area contributed by atoms with E-state index in [9.17, 15) is 14.0 Å². The number of nitrogens with zero attached hydrogens (tertiary/aromatic N) is 1. The van der Waals surface area contributed by atoms with Gasteiger partial charge in [0.05, 0.1) is 23.9 Å². The van der Waals surface area contributed by atoms with Gasteiger partial charge < -0.3 is 14.8 Å². The van der Waals surface area contributed by atoms with E-state index < -0.39 is 23.9 Å². The first kappa shape index (κ1) is 20.4. The van der Waals surface area contributed by atoms with Gasteiger partial charge in [-0.2, -0.15) is 0 Å². The molecule has 3 rings (SSSR count). The molecule has 1 aliphatic rings. The van der Waals surface area contributed by atoms with Crippen LogP contribution in [0.3, 0.4) is 0 Å². The van der Waals surface area contributed by atoms with E-state index in [1.807, 2.05) is 25.1 Å². The van der Waals surface area contributed by atoms with E-state index in [2.05, 4.69) is 5.32 Å². The minimum Gasteiger partial charge on any atom is -0.487 e. The lowest BCUT2D eigenvalue weighted by Crippen LogP contribution is -2.48. The lowest BCUT2D eigenvalue weighted by molar-refractivity contribution is -0.139. The van der Waals surface area contributed by atoms with Crippen molar-refractivity contribution in [1.82, 2.24) is 10.2 Å². The number of carbonyl (C=O) groups is 2. The molecule has 1 atom stereocenters. The van der Waals surface area contributed by atoms with Crippen LogP contribution in [-0.2, 0) is 9.53 Å². The van der Waals surface area contributed by atoms with E-state index in [0.29, 0.717) is 11.4 Å². The largest absolute Gasteiger partial charge is 0.487 e. The van der Waals surface area contributed by atoms with Crippen LogP contribution in [0.15, 0.2) is 59.8 Å². The number of halogens is 1. The van der Waals surface area contributed by atoms with Gasteiger partial charge >= 0.3 is 12.0 Å². The highest BCUT2D eigenvalue weighted by Crippen LogP contribution is 2.32. The van der Waals surface area contributed by atoms with Crippen molar-refractivity contribution in [1.29, 1.82) is 0 Å². The van der Waals surface area contributed by atoms with Crippen molar-refractivity contribution < 1.29 is 23.5 Å². The number of benzene rings is 2. The van der Waals surface area contributed by atoms with Gasteiger partial charge in [-0.05, 0) is 31.5 Å². The van der Waals surface area contributed by atoms with E-state index in [0.717, 1.165) is 5.56 Å². The molecule has 0 radical (unpaired) electrons. The Bertz CT molecular complexity index is 957. The molecule has 0 spiro atoms. The van der Waals surface area contributed by atoms with Gasteiger partial charge in [-0.15, -0.1) is 0 Å². The van der Waals surface area contributed by atoms with Crippen LogP contribution in [0, 0.1) is 12.7 Å². The van der Waals surface area contributed by atoms with Crippen LogP contribution >= 0.6 is 0 Å². The minimum absolute atomic E-state index is 0.0477. The Morgan fingerprint density at radius 3 is 2.55 bits per heavy atom. The Hall–Kier alpha value is -3.35. The fourth-order valence-corrected chi connectivity index (χ4v) is 3.19. The van der Waals surface area contributed by atoms with Crippen LogP contribution in [0.25, 0.3) is 0 Å². The quantitative estimate of drug-likeness (QED) is 0.753. The molecule has 1 heterocycles. The molecule has 0 aliphatic carbocycles. The Morgan fingerprint density at radius 1 is 1.17 bits per heavy atom. The maximum absolute atomic E-state index is 14.5. The number of amides is 2. The third-order valence-electron chi connectivity index (χ3n) is 4.75. The maximum atomic E-state index is 14.5. The first-order valence-corrected chi connectivity index (χ1v) is 9.31. The topological polar surface area (TPSA) is 67.9 Å². The molecule has 6 nitrogen and oxygen atoms in total. The zero-order chi connectivity index (χ0) is 21.0. The highest BCUT2D eigenvalue weighted by Gasteiger charge is 2.38. The fourth-order valence-electron chi connectivity index (χ4n) is 3.19. The summed E-state index contributed by atoms with van der Waals surface area (Å²) in [7, 11) is 1.53. The average molecular weight is 398 g/mol. The summed E-state index contributed by atoms with van der Waals surface area (Å²) in [6.07, 6.45) is 0. The number of esters is 1. The van der Waals surface area contributed by atoms with E-state index >= 15 is 0 Å². The average Bonchev–Trinajstić information content (AvgIpc) is 2.70. The number of hydrogen-bond donors (Lipinski definition) is 1. The Kier molecular flexibility index (Phi) is 6.16. The lowest BCUT2D eigenvalue weighted by atomic mass is 9.94. The van der Waals surface area contributed by atoms with Gasteiger partial charge in [-0.1, -0.05) is 36.4 Å². The van der Waals surface area contributed by atoms with E-state index in [1.165, 1.54) is 24.1 Å². The second-order valence-corrected chi connectivity index (χ2v) is 6.60.